The Labute approximate surface area is 114 Å². The molecule has 1 N–H and O–H groups in total. The van der Waals surface area contributed by atoms with Crippen LogP contribution >= 0.6 is 11.6 Å². The predicted octanol–water partition coefficient (Wildman–Crippen LogP) is 3.25. The summed E-state index contributed by atoms with van der Waals surface area (Å²) in [6, 6.07) is 0.371. The van der Waals surface area contributed by atoms with Gasteiger partial charge in [0.1, 0.15) is 0 Å². The van der Waals surface area contributed by atoms with E-state index in [1.807, 2.05) is 0 Å². The molecule has 4 atom stereocenters. The smallest absolute Gasteiger partial charge is 0.0834 e. The third-order valence-corrected chi connectivity index (χ3v) is 5.25. The standard InChI is InChI=1S/C14H22ClN3/c1-3-18-14(12(15)8-17-18)13(16-2)11-7-9-4-5-10(11)6-9/h8-11,13,16H,3-7H2,1-2H3. The second kappa shape index (κ2) is 4.86. The molecule has 3 nitrogen and oxygen atoms in total. The predicted molar refractivity (Wildman–Crippen MR) is 73.6 cm³/mol. The van der Waals surface area contributed by atoms with Gasteiger partial charge in [0, 0.05) is 6.54 Å². The van der Waals surface area contributed by atoms with Crippen LogP contribution in [0.4, 0.5) is 0 Å². The minimum Gasteiger partial charge on any atom is -0.311 e. The van der Waals surface area contributed by atoms with Crippen molar-refractivity contribution in [2.24, 2.45) is 17.8 Å². The topological polar surface area (TPSA) is 29.9 Å². The highest BCUT2D eigenvalue weighted by molar-refractivity contribution is 6.31. The maximum Gasteiger partial charge on any atom is 0.0834 e. The van der Waals surface area contributed by atoms with E-state index in [0.29, 0.717) is 6.04 Å². The quantitative estimate of drug-likeness (QED) is 0.908. The summed E-state index contributed by atoms with van der Waals surface area (Å²) in [5.41, 5.74) is 1.19. The molecule has 2 aliphatic carbocycles. The molecule has 18 heavy (non-hydrogen) atoms. The molecule has 1 heterocycles. The molecule has 0 radical (unpaired) electrons. The molecule has 0 amide bonds. The number of nitrogens with one attached hydrogen (secondary N) is 1. The molecular weight excluding hydrogens is 246 g/mol. The lowest BCUT2D eigenvalue weighted by Gasteiger charge is -2.31. The monoisotopic (exact) mass is 267 g/mol. The van der Waals surface area contributed by atoms with Gasteiger partial charge in [-0.15, -0.1) is 0 Å². The maximum absolute atomic E-state index is 6.35. The van der Waals surface area contributed by atoms with Gasteiger partial charge in [0.25, 0.3) is 0 Å². The van der Waals surface area contributed by atoms with E-state index in [2.05, 4.69) is 29.1 Å². The third kappa shape index (κ3) is 1.88. The Morgan fingerprint density at radius 2 is 2.33 bits per heavy atom. The van der Waals surface area contributed by atoms with Crippen LogP contribution in [0.1, 0.15) is 44.3 Å². The molecule has 0 saturated heterocycles. The molecule has 0 aliphatic heterocycles. The number of halogens is 1. The van der Waals surface area contributed by atoms with Crippen molar-refractivity contribution in [2.45, 2.75) is 45.2 Å². The van der Waals surface area contributed by atoms with Crippen LogP contribution in [0.3, 0.4) is 0 Å². The van der Waals surface area contributed by atoms with Crippen molar-refractivity contribution < 1.29 is 0 Å². The van der Waals surface area contributed by atoms with E-state index < -0.39 is 0 Å². The van der Waals surface area contributed by atoms with Crippen molar-refractivity contribution in [3.8, 4) is 0 Å². The Kier molecular flexibility index (Phi) is 3.37. The summed E-state index contributed by atoms with van der Waals surface area (Å²) in [5.74, 6) is 2.60. The fourth-order valence-corrected chi connectivity index (χ4v) is 4.45. The van der Waals surface area contributed by atoms with Crippen LogP contribution in [-0.4, -0.2) is 16.8 Å². The molecular formula is C14H22ClN3. The summed E-state index contributed by atoms with van der Waals surface area (Å²) in [6.45, 7) is 3.02. The number of aromatic nitrogens is 2. The number of fused-ring (bicyclic) bond motifs is 2. The molecule has 4 heteroatoms. The minimum atomic E-state index is 0.371. The molecule has 100 valence electrons. The highest BCUT2D eigenvalue weighted by Crippen LogP contribution is 2.53. The Morgan fingerprint density at radius 1 is 1.50 bits per heavy atom. The van der Waals surface area contributed by atoms with Crippen LogP contribution < -0.4 is 5.32 Å². The highest BCUT2D eigenvalue weighted by Gasteiger charge is 2.44. The number of hydrogen-bond acceptors (Lipinski definition) is 2. The second-order valence-corrected chi connectivity index (χ2v) is 6.21. The van der Waals surface area contributed by atoms with Crippen LogP contribution in [0.5, 0.6) is 0 Å². The lowest BCUT2D eigenvalue weighted by atomic mass is 9.82. The lowest BCUT2D eigenvalue weighted by molar-refractivity contribution is 0.250. The van der Waals surface area contributed by atoms with Crippen molar-refractivity contribution in [2.75, 3.05) is 7.05 Å². The van der Waals surface area contributed by atoms with Crippen molar-refractivity contribution in [3.63, 3.8) is 0 Å². The van der Waals surface area contributed by atoms with E-state index in [-0.39, 0.29) is 0 Å². The Hall–Kier alpha value is -0.540. The molecule has 2 bridgehead atoms. The number of hydrogen-bond donors (Lipinski definition) is 1. The molecule has 2 fully saturated rings. The molecule has 0 spiro atoms. The molecule has 0 aromatic carbocycles. The summed E-state index contributed by atoms with van der Waals surface area (Å²) < 4.78 is 2.05. The van der Waals surface area contributed by atoms with Gasteiger partial charge in [0.15, 0.2) is 0 Å². The summed E-state index contributed by atoms with van der Waals surface area (Å²) in [6.07, 6.45) is 7.43. The molecule has 2 aliphatic rings. The first-order valence-corrected chi connectivity index (χ1v) is 7.50. The van der Waals surface area contributed by atoms with Gasteiger partial charge in [-0.3, -0.25) is 4.68 Å². The third-order valence-electron chi connectivity index (χ3n) is 4.96. The van der Waals surface area contributed by atoms with Crippen LogP contribution in [0.15, 0.2) is 6.20 Å². The van der Waals surface area contributed by atoms with Crippen molar-refractivity contribution in [1.82, 2.24) is 15.1 Å². The molecule has 3 rings (SSSR count). The fourth-order valence-electron chi connectivity index (χ4n) is 4.19. The van der Waals surface area contributed by atoms with Gasteiger partial charge in [0.05, 0.1) is 23.0 Å². The first kappa shape index (κ1) is 12.5. The largest absolute Gasteiger partial charge is 0.311 e. The van der Waals surface area contributed by atoms with Gasteiger partial charge in [0.2, 0.25) is 0 Å². The molecule has 2 saturated carbocycles. The van der Waals surface area contributed by atoms with Crippen LogP contribution in [0, 0.1) is 17.8 Å². The van der Waals surface area contributed by atoms with Crippen molar-refractivity contribution >= 4 is 11.6 Å². The van der Waals surface area contributed by atoms with Crippen molar-refractivity contribution in [3.05, 3.63) is 16.9 Å². The van der Waals surface area contributed by atoms with Crippen LogP contribution in [0.2, 0.25) is 5.02 Å². The minimum absolute atomic E-state index is 0.371. The molecule has 1 aromatic rings. The average molecular weight is 268 g/mol. The first-order valence-electron chi connectivity index (χ1n) is 7.13. The number of rotatable bonds is 4. The zero-order valence-electron chi connectivity index (χ0n) is 11.2. The summed E-state index contributed by atoms with van der Waals surface area (Å²) in [5, 5.41) is 8.70. The van der Waals surface area contributed by atoms with Crippen LogP contribution in [0.25, 0.3) is 0 Å². The zero-order chi connectivity index (χ0) is 12.7. The summed E-state index contributed by atoms with van der Waals surface area (Å²) >= 11 is 6.35. The summed E-state index contributed by atoms with van der Waals surface area (Å²) in [7, 11) is 2.06. The van der Waals surface area contributed by atoms with Gasteiger partial charge in [-0.1, -0.05) is 18.0 Å². The van der Waals surface area contributed by atoms with Gasteiger partial charge in [-0.05, 0) is 51.0 Å². The fraction of sp³-hybridized carbons (Fsp3) is 0.786. The normalized spacial score (nSPS) is 32.1. The van der Waals surface area contributed by atoms with E-state index in [1.54, 1.807) is 6.20 Å². The van der Waals surface area contributed by atoms with E-state index in [9.17, 15) is 0 Å². The Balaban J connectivity index is 1.90. The van der Waals surface area contributed by atoms with E-state index in [0.717, 1.165) is 29.3 Å². The van der Waals surface area contributed by atoms with E-state index in [4.69, 9.17) is 11.6 Å². The number of nitrogens with zero attached hydrogens (tertiary/aromatic N) is 2. The van der Waals surface area contributed by atoms with Gasteiger partial charge >= 0.3 is 0 Å². The van der Waals surface area contributed by atoms with Gasteiger partial charge in [-0.25, -0.2) is 0 Å². The SMILES string of the molecule is CCn1ncc(Cl)c1C(NC)C1CC2CCC1C2. The Morgan fingerprint density at radius 3 is 2.89 bits per heavy atom. The Bertz CT molecular complexity index is 429. The van der Waals surface area contributed by atoms with Crippen molar-refractivity contribution in [1.29, 1.82) is 0 Å². The summed E-state index contributed by atoms with van der Waals surface area (Å²) in [4.78, 5) is 0. The first-order chi connectivity index (χ1) is 8.74. The van der Waals surface area contributed by atoms with E-state index in [1.165, 1.54) is 31.4 Å². The number of aryl methyl sites for hydroxylation is 1. The lowest BCUT2D eigenvalue weighted by Crippen LogP contribution is -2.31. The van der Waals surface area contributed by atoms with Gasteiger partial charge < -0.3 is 5.32 Å². The maximum atomic E-state index is 6.35. The molecule has 4 unspecified atom stereocenters. The van der Waals surface area contributed by atoms with Crippen LogP contribution in [-0.2, 0) is 6.54 Å². The van der Waals surface area contributed by atoms with E-state index >= 15 is 0 Å². The molecule has 1 aromatic heterocycles. The average Bonchev–Trinajstić information content (AvgIpc) is 3.07. The highest BCUT2D eigenvalue weighted by atomic mass is 35.5. The van der Waals surface area contributed by atoms with Gasteiger partial charge in [-0.2, -0.15) is 5.10 Å². The second-order valence-electron chi connectivity index (χ2n) is 5.80. The zero-order valence-corrected chi connectivity index (χ0v) is 12.0.